The Morgan fingerprint density at radius 3 is 2.24 bits per heavy atom. The van der Waals surface area contributed by atoms with Crippen molar-refractivity contribution >= 4 is 23.7 Å². The molecule has 0 aromatic heterocycles. The van der Waals surface area contributed by atoms with E-state index < -0.39 is 35.1 Å². The third kappa shape index (κ3) is 6.09. The first-order valence-electron chi connectivity index (χ1n) is 7.35. The van der Waals surface area contributed by atoms with Crippen LogP contribution in [0.4, 0.5) is 4.79 Å². The van der Waals surface area contributed by atoms with Crippen molar-refractivity contribution in [2.75, 3.05) is 13.7 Å². The minimum atomic E-state index is -1.12. The van der Waals surface area contributed by atoms with E-state index in [0.29, 0.717) is 5.56 Å². The molecule has 0 saturated carbocycles. The summed E-state index contributed by atoms with van der Waals surface area (Å²) in [7, 11) is 1.06. The highest BCUT2D eigenvalue weighted by molar-refractivity contribution is 6.50. The number of methoxy groups -OCH3 is 1. The first-order chi connectivity index (χ1) is 11.9. The van der Waals surface area contributed by atoms with Gasteiger partial charge in [0.1, 0.15) is 17.9 Å². The zero-order valence-electron chi connectivity index (χ0n) is 14.1. The maximum absolute atomic E-state index is 12.0. The Balaban J connectivity index is 3.07. The van der Waals surface area contributed by atoms with E-state index in [-0.39, 0.29) is 13.2 Å². The van der Waals surface area contributed by atoms with Gasteiger partial charge in [0.2, 0.25) is 0 Å². The van der Waals surface area contributed by atoms with Crippen molar-refractivity contribution in [3.63, 3.8) is 0 Å². The van der Waals surface area contributed by atoms with Crippen LogP contribution >= 0.6 is 0 Å². The molecule has 0 atom stereocenters. The standard InChI is InChI=1S/C17H19NO7/c1-4-24-16(21)14(13(11(2)19)15(20)23-3)18-17(22)25-10-12-8-6-5-7-9-12/h5-9,19H,4,10H2,1-3H3/b13-11-,18-14-. The van der Waals surface area contributed by atoms with Gasteiger partial charge in [-0.3, -0.25) is 0 Å². The number of rotatable bonds is 6. The Hall–Kier alpha value is -3.16. The fourth-order valence-corrected chi connectivity index (χ4v) is 1.76. The molecule has 25 heavy (non-hydrogen) atoms. The van der Waals surface area contributed by atoms with Gasteiger partial charge >= 0.3 is 18.0 Å². The number of allylic oxidation sites excluding steroid dienone is 1. The summed E-state index contributed by atoms with van der Waals surface area (Å²) in [5, 5.41) is 9.66. The summed E-state index contributed by atoms with van der Waals surface area (Å²) in [6, 6.07) is 8.81. The van der Waals surface area contributed by atoms with E-state index in [0.717, 1.165) is 14.0 Å². The van der Waals surface area contributed by atoms with E-state index in [1.54, 1.807) is 30.3 Å². The number of carbonyl (C=O) groups excluding carboxylic acids is 3. The van der Waals surface area contributed by atoms with Crippen molar-refractivity contribution in [3.8, 4) is 0 Å². The maximum Gasteiger partial charge on any atom is 0.434 e. The summed E-state index contributed by atoms with van der Waals surface area (Å²) < 4.78 is 14.2. The zero-order valence-corrected chi connectivity index (χ0v) is 14.1. The second kappa shape index (κ2) is 9.86. The molecule has 0 saturated heterocycles. The van der Waals surface area contributed by atoms with Gasteiger partial charge in [0.25, 0.3) is 0 Å². The number of ether oxygens (including phenoxy) is 3. The summed E-state index contributed by atoms with van der Waals surface area (Å²) in [4.78, 5) is 39.2. The molecular weight excluding hydrogens is 330 g/mol. The van der Waals surface area contributed by atoms with Crippen LogP contribution in [-0.4, -0.2) is 42.6 Å². The lowest BCUT2D eigenvalue weighted by Gasteiger charge is -2.09. The Labute approximate surface area is 144 Å². The van der Waals surface area contributed by atoms with Crippen molar-refractivity contribution in [1.29, 1.82) is 0 Å². The number of amides is 1. The number of carbonyl (C=O) groups is 3. The molecule has 0 aliphatic carbocycles. The summed E-state index contributed by atoms with van der Waals surface area (Å²) in [5.74, 6) is -2.65. The summed E-state index contributed by atoms with van der Waals surface area (Å²) in [6.07, 6.45) is -1.12. The van der Waals surface area contributed by atoms with Crippen molar-refractivity contribution in [2.45, 2.75) is 20.5 Å². The number of hydrogen-bond donors (Lipinski definition) is 1. The number of esters is 2. The largest absolute Gasteiger partial charge is 0.512 e. The fraction of sp³-hybridized carbons (Fsp3) is 0.294. The number of nitrogens with zero attached hydrogens (tertiary/aromatic N) is 1. The van der Waals surface area contributed by atoms with E-state index in [9.17, 15) is 19.5 Å². The van der Waals surface area contributed by atoms with Crippen LogP contribution in [0.2, 0.25) is 0 Å². The van der Waals surface area contributed by atoms with E-state index in [1.165, 1.54) is 6.92 Å². The predicted octanol–water partition coefficient (Wildman–Crippen LogP) is 2.33. The van der Waals surface area contributed by atoms with Crippen molar-refractivity contribution in [3.05, 3.63) is 47.2 Å². The van der Waals surface area contributed by atoms with Gasteiger partial charge in [-0.15, -0.1) is 0 Å². The Morgan fingerprint density at radius 1 is 1.08 bits per heavy atom. The molecule has 1 aromatic carbocycles. The number of hydrogen-bond acceptors (Lipinski definition) is 7. The lowest BCUT2D eigenvalue weighted by atomic mass is 10.1. The van der Waals surface area contributed by atoms with E-state index >= 15 is 0 Å². The van der Waals surface area contributed by atoms with Crippen LogP contribution in [0, 0.1) is 0 Å². The van der Waals surface area contributed by atoms with Gasteiger partial charge in [-0.25, -0.2) is 14.4 Å². The van der Waals surface area contributed by atoms with E-state index in [1.807, 2.05) is 0 Å². The number of benzene rings is 1. The summed E-state index contributed by atoms with van der Waals surface area (Å²) in [5.41, 5.74) is -0.546. The molecule has 0 radical (unpaired) electrons. The van der Waals surface area contributed by atoms with Crippen LogP contribution in [0.25, 0.3) is 0 Å². The molecule has 0 fully saturated rings. The first-order valence-corrected chi connectivity index (χ1v) is 7.35. The highest BCUT2D eigenvalue weighted by atomic mass is 16.6. The molecule has 134 valence electrons. The molecule has 0 aliphatic rings. The molecule has 8 nitrogen and oxygen atoms in total. The SMILES string of the molecule is CCOC(=O)C(=N\C(=O)OCc1ccccc1)/C(C(=O)OC)=C(\C)O. The van der Waals surface area contributed by atoms with Crippen LogP contribution in [-0.2, 0) is 30.4 Å². The minimum absolute atomic E-state index is 0.0180. The molecule has 0 aliphatic heterocycles. The second-order valence-electron chi connectivity index (χ2n) is 4.67. The van der Waals surface area contributed by atoms with Gasteiger partial charge in [0.15, 0.2) is 5.71 Å². The highest BCUT2D eigenvalue weighted by Crippen LogP contribution is 2.10. The molecule has 0 bridgehead atoms. The van der Waals surface area contributed by atoms with Crippen LogP contribution in [0.1, 0.15) is 19.4 Å². The van der Waals surface area contributed by atoms with Crippen LogP contribution < -0.4 is 0 Å². The van der Waals surface area contributed by atoms with E-state index in [2.05, 4.69) is 9.73 Å². The molecule has 1 rings (SSSR count). The van der Waals surface area contributed by atoms with E-state index in [4.69, 9.17) is 9.47 Å². The minimum Gasteiger partial charge on any atom is -0.512 e. The number of aliphatic hydroxyl groups excluding tert-OH is 1. The van der Waals surface area contributed by atoms with Crippen LogP contribution in [0.3, 0.4) is 0 Å². The monoisotopic (exact) mass is 349 g/mol. The molecule has 8 heteroatoms. The third-order valence-electron chi connectivity index (χ3n) is 2.87. The molecule has 0 unspecified atom stereocenters. The van der Waals surface area contributed by atoms with Crippen molar-refractivity contribution < 1.29 is 33.7 Å². The molecule has 1 amide bonds. The lowest BCUT2D eigenvalue weighted by Crippen LogP contribution is -2.27. The highest BCUT2D eigenvalue weighted by Gasteiger charge is 2.29. The average Bonchev–Trinajstić information content (AvgIpc) is 2.60. The molecular formula is C17H19NO7. The maximum atomic E-state index is 12.0. The third-order valence-corrected chi connectivity index (χ3v) is 2.87. The van der Waals surface area contributed by atoms with Crippen molar-refractivity contribution in [2.24, 2.45) is 4.99 Å². The molecule has 0 spiro atoms. The molecule has 1 N–H and O–H groups in total. The van der Waals surface area contributed by atoms with Gasteiger partial charge in [-0.2, -0.15) is 4.99 Å². The molecule has 0 heterocycles. The van der Waals surface area contributed by atoms with Gasteiger partial charge in [-0.1, -0.05) is 30.3 Å². The van der Waals surface area contributed by atoms with Gasteiger partial charge < -0.3 is 19.3 Å². The Bertz CT molecular complexity index is 688. The van der Waals surface area contributed by atoms with Gasteiger partial charge in [0, 0.05) is 0 Å². The zero-order chi connectivity index (χ0) is 18.8. The Kier molecular flexibility index (Phi) is 7.85. The quantitative estimate of drug-likeness (QED) is 0.276. The van der Waals surface area contributed by atoms with Crippen molar-refractivity contribution in [1.82, 2.24) is 0 Å². The van der Waals surface area contributed by atoms with Crippen LogP contribution in [0.5, 0.6) is 0 Å². The Morgan fingerprint density at radius 2 is 1.72 bits per heavy atom. The normalized spacial score (nSPS) is 12.0. The average molecular weight is 349 g/mol. The smallest absolute Gasteiger partial charge is 0.434 e. The predicted molar refractivity (Wildman–Crippen MR) is 88.0 cm³/mol. The summed E-state index contributed by atoms with van der Waals surface area (Å²) >= 11 is 0. The number of aliphatic hydroxyl groups is 1. The topological polar surface area (TPSA) is 111 Å². The molecule has 1 aromatic rings. The summed E-state index contributed by atoms with van der Waals surface area (Å²) in [6.45, 7) is 2.59. The lowest BCUT2D eigenvalue weighted by molar-refractivity contribution is -0.138. The fourth-order valence-electron chi connectivity index (χ4n) is 1.76. The van der Waals surface area contributed by atoms with Gasteiger partial charge in [0.05, 0.1) is 13.7 Å². The number of aliphatic imine (C=N–C) groups is 1. The second-order valence-corrected chi connectivity index (χ2v) is 4.67. The first kappa shape index (κ1) is 19.9. The van der Waals surface area contributed by atoms with Crippen LogP contribution in [0.15, 0.2) is 46.7 Å². The van der Waals surface area contributed by atoms with Gasteiger partial charge in [-0.05, 0) is 19.4 Å².